The van der Waals surface area contributed by atoms with Crippen molar-refractivity contribution < 1.29 is 18.1 Å². The largest absolute Gasteiger partial charge is 0.505 e. The second-order valence-electron chi connectivity index (χ2n) is 3.99. The number of nitrogen functional groups attached to an aromatic ring is 2. The lowest BCUT2D eigenvalue weighted by Crippen LogP contribution is -2.04. The van der Waals surface area contributed by atoms with Crippen molar-refractivity contribution in [1.29, 1.82) is 0 Å². The summed E-state index contributed by atoms with van der Waals surface area (Å²) in [6, 6.07) is 4.33. The van der Waals surface area contributed by atoms with E-state index in [2.05, 4.69) is 0 Å². The fourth-order valence-corrected chi connectivity index (χ4v) is 2.46. The van der Waals surface area contributed by atoms with Crippen LogP contribution in [0.2, 0.25) is 0 Å². The second-order valence-corrected chi connectivity index (χ2v) is 5.38. The number of hydrogen-bond donors (Lipinski definition) is 4. The zero-order valence-corrected chi connectivity index (χ0v) is 10.3. The molecule has 7 heteroatoms. The molecular weight excluding hydrogens is 256 g/mol. The third-order valence-electron chi connectivity index (χ3n) is 2.89. The molecule has 0 aliphatic rings. The number of rotatable bonds is 1. The molecule has 0 aliphatic heterocycles. The summed E-state index contributed by atoms with van der Waals surface area (Å²) in [5, 5.41) is 10.7. The van der Waals surface area contributed by atoms with E-state index in [1.807, 2.05) is 0 Å². The first-order chi connectivity index (χ1) is 8.23. The smallest absolute Gasteiger partial charge is 0.296 e. The van der Waals surface area contributed by atoms with Crippen molar-refractivity contribution in [3.8, 4) is 5.75 Å². The predicted molar refractivity (Wildman–Crippen MR) is 69.0 cm³/mol. The number of aryl methyl sites for hydroxylation is 1. The molecule has 0 atom stereocenters. The van der Waals surface area contributed by atoms with Crippen LogP contribution < -0.4 is 11.5 Å². The minimum atomic E-state index is -4.50. The van der Waals surface area contributed by atoms with E-state index in [4.69, 9.17) is 16.0 Å². The predicted octanol–water partition coefficient (Wildman–Crippen LogP) is 1.26. The van der Waals surface area contributed by atoms with Crippen LogP contribution in [0.4, 0.5) is 11.4 Å². The summed E-state index contributed by atoms with van der Waals surface area (Å²) in [6.45, 7) is 1.68. The minimum absolute atomic E-state index is 0.380. The van der Waals surface area contributed by atoms with Gasteiger partial charge in [-0.25, -0.2) is 0 Å². The Labute approximate surface area is 104 Å². The SMILES string of the molecule is Cc1c(N)ccc2c(O)c(N)c(S(=O)(=O)O)cc12. The maximum absolute atomic E-state index is 11.2. The van der Waals surface area contributed by atoms with E-state index in [0.29, 0.717) is 22.0 Å². The average Bonchev–Trinajstić information content (AvgIpc) is 2.26. The van der Waals surface area contributed by atoms with Crippen molar-refractivity contribution >= 4 is 32.3 Å². The topological polar surface area (TPSA) is 127 Å². The van der Waals surface area contributed by atoms with Gasteiger partial charge in [-0.15, -0.1) is 0 Å². The number of hydrogen-bond acceptors (Lipinski definition) is 5. The van der Waals surface area contributed by atoms with Crippen LogP contribution in [0, 0.1) is 6.92 Å². The summed E-state index contributed by atoms with van der Waals surface area (Å²) in [5.41, 5.74) is 11.9. The first-order valence-corrected chi connectivity index (χ1v) is 6.45. The van der Waals surface area contributed by atoms with Crippen LogP contribution in [0.25, 0.3) is 10.8 Å². The normalized spacial score (nSPS) is 11.9. The van der Waals surface area contributed by atoms with Crippen LogP contribution in [-0.2, 0) is 10.1 Å². The molecule has 6 nitrogen and oxygen atoms in total. The highest BCUT2D eigenvalue weighted by Crippen LogP contribution is 2.38. The van der Waals surface area contributed by atoms with Crippen LogP contribution >= 0.6 is 0 Å². The zero-order chi connectivity index (χ0) is 13.7. The van der Waals surface area contributed by atoms with Crippen molar-refractivity contribution in [2.24, 2.45) is 0 Å². The van der Waals surface area contributed by atoms with Crippen molar-refractivity contribution in [3.05, 3.63) is 23.8 Å². The van der Waals surface area contributed by atoms with Gasteiger partial charge in [-0.1, -0.05) is 0 Å². The van der Waals surface area contributed by atoms with Gasteiger partial charge < -0.3 is 16.6 Å². The number of benzene rings is 2. The summed E-state index contributed by atoms with van der Waals surface area (Å²) in [7, 11) is -4.50. The van der Waals surface area contributed by atoms with Crippen molar-refractivity contribution in [2.45, 2.75) is 11.8 Å². The summed E-state index contributed by atoms with van der Waals surface area (Å²) in [5.74, 6) is -0.386. The number of fused-ring (bicyclic) bond motifs is 1. The third kappa shape index (κ3) is 1.73. The fourth-order valence-electron chi connectivity index (χ4n) is 1.82. The van der Waals surface area contributed by atoms with Crippen molar-refractivity contribution in [3.63, 3.8) is 0 Å². The van der Waals surface area contributed by atoms with Gasteiger partial charge in [-0.3, -0.25) is 4.55 Å². The fraction of sp³-hybridized carbons (Fsp3) is 0.0909. The Balaban J connectivity index is 3.03. The molecule has 0 fully saturated rings. The maximum atomic E-state index is 11.2. The van der Waals surface area contributed by atoms with Crippen LogP contribution in [-0.4, -0.2) is 18.1 Å². The first-order valence-electron chi connectivity index (χ1n) is 5.01. The van der Waals surface area contributed by atoms with E-state index < -0.39 is 15.0 Å². The van der Waals surface area contributed by atoms with Gasteiger partial charge in [0.2, 0.25) is 0 Å². The minimum Gasteiger partial charge on any atom is -0.505 e. The molecule has 0 unspecified atom stereocenters. The lowest BCUT2D eigenvalue weighted by Gasteiger charge is -2.11. The Hall–Kier alpha value is -1.99. The first kappa shape index (κ1) is 12.5. The highest BCUT2D eigenvalue weighted by atomic mass is 32.2. The standard InChI is InChI=1S/C11H12N2O4S/c1-5-7-4-9(18(15,16)17)10(13)11(14)6(7)2-3-8(5)12/h2-4,14H,12-13H2,1H3,(H,15,16,17). The van der Waals surface area contributed by atoms with Crippen molar-refractivity contribution in [1.82, 2.24) is 0 Å². The third-order valence-corrected chi connectivity index (χ3v) is 3.78. The summed E-state index contributed by atoms with van der Waals surface area (Å²) in [4.78, 5) is -0.527. The molecule has 0 spiro atoms. The van der Waals surface area contributed by atoms with Crippen LogP contribution in [0.3, 0.4) is 0 Å². The highest BCUT2D eigenvalue weighted by molar-refractivity contribution is 7.86. The molecule has 0 amide bonds. The molecular formula is C11H12N2O4S. The molecule has 0 heterocycles. The zero-order valence-electron chi connectivity index (χ0n) is 9.51. The molecule has 2 aromatic carbocycles. The molecule has 18 heavy (non-hydrogen) atoms. The van der Waals surface area contributed by atoms with Gasteiger partial charge in [0.05, 0.1) is 5.69 Å². The van der Waals surface area contributed by atoms with Gasteiger partial charge in [0.15, 0.2) is 0 Å². The van der Waals surface area contributed by atoms with E-state index in [0.717, 1.165) is 0 Å². The number of phenols is 1. The molecule has 0 aliphatic carbocycles. The number of aromatic hydroxyl groups is 1. The molecule has 6 N–H and O–H groups in total. The quantitative estimate of drug-likeness (QED) is 0.350. The van der Waals surface area contributed by atoms with Crippen LogP contribution in [0.1, 0.15) is 5.56 Å². The van der Waals surface area contributed by atoms with Gasteiger partial charge in [0, 0.05) is 11.1 Å². The monoisotopic (exact) mass is 268 g/mol. The molecule has 0 aromatic heterocycles. The summed E-state index contributed by atoms with van der Waals surface area (Å²) < 4.78 is 31.4. The van der Waals surface area contributed by atoms with Gasteiger partial charge >= 0.3 is 0 Å². The van der Waals surface area contributed by atoms with E-state index in [9.17, 15) is 13.5 Å². The molecule has 0 bridgehead atoms. The Morgan fingerprint density at radius 2 is 1.78 bits per heavy atom. The Morgan fingerprint density at radius 1 is 1.17 bits per heavy atom. The number of nitrogens with two attached hydrogens (primary N) is 2. The molecule has 96 valence electrons. The molecule has 2 aromatic rings. The maximum Gasteiger partial charge on any atom is 0.296 e. The van der Waals surface area contributed by atoms with Gasteiger partial charge in [0.1, 0.15) is 10.6 Å². The summed E-state index contributed by atoms with van der Waals surface area (Å²) >= 11 is 0. The molecule has 0 saturated carbocycles. The Morgan fingerprint density at radius 3 is 2.33 bits per heavy atom. The van der Waals surface area contributed by atoms with Crippen molar-refractivity contribution in [2.75, 3.05) is 11.5 Å². The highest BCUT2D eigenvalue weighted by Gasteiger charge is 2.20. The average molecular weight is 268 g/mol. The lowest BCUT2D eigenvalue weighted by atomic mass is 10.0. The van der Waals surface area contributed by atoms with E-state index in [1.165, 1.54) is 12.1 Å². The summed E-state index contributed by atoms with van der Waals surface area (Å²) in [6.07, 6.45) is 0. The Kier molecular flexibility index (Phi) is 2.60. The van der Waals surface area contributed by atoms with Crippen LogP contribution in [0.15, 0.2) is 23.1 Å². The van der Waals surface area contributed by atoms with E-state index >= 15 is 0 Å². The van der Waals surface area contributed by atoms with E-state index in [-0.39, 0.29) is 11.4 Å². The number of phenolic OH excluding ortho intramolecular Hbond substituents is 1. The van der Waals surface area contributed by atoms with Gasteiger partial charge in [0.25, 0.3) is 10.1 Å². The van der Waals surface area contributed by atoms with E-state index in [1.54, 1.807) is 13.0 Å². The second kappa shape index (κ2) is 3.76. The Bertz CT molecular complexity index is 753. The van der Waals surface area contributed by atoms with Crippen LogP contribution in [0.5, 0.6) is 5.75 Å². The molecule has 2 rings (SSSR count). The lowest BCUT2D eigenvalue weighted by molar-refractivity contribution is 0.473. The number of anilines is 2. The molecule has 0 saturated heterocycles. The van der Waals surface area contributed by atoms with Gasteiger partial charge in [-0.2, -0.15) is 8.42 Å². The van der Waals surface area contributed by atoms with Gasteiger partial charge in [-0.05, 0) is 36.1 Å². The molecule has 0 radical (unpaired) electrons.